The predicted molar refractivity (Wildman–Crippen MR) is 72.0 cm³/mol. The number of carbonyl (C=O) groups is 1. The summed E-state index contributed by atoms with van der Waals surface area (Å²) in [6, 6.07) is 7.51. The van der Waals surface area contributed by atoms with Crippen LogP contribution in [-0.4, -0.2) is 15.6 Å². The number of nitrogens with two attached hydrogens (primary N) is 1. The Labute approximate surface area is 109 Å². The molecule has 0 saturated heterocycles. The van der Waals surface area contributed by atoms with Crippen molar-refractivity contribution in [3.8, 4) is 0 Å². The Morgan fingerprint density at radius 3 is 2.84 bits per heavy atom. The monoisotopic (exact) mass is 255 g/mol. The van der Waals surface area contributed by atoms with Crippen LogP contribution in [0, 0.1) is 6.92 Å². The summed E-state index contributed by atoms with van der Waals surface area (Å²) in [5.74, 6) is 0.362. The van der Waals surface area contributed by atoms with Crippen LogP contribution in [-0.2, 0) is 7.05 Å². The van der Waals surface area contributed by atoms with Gasteiger partial charge in [0.1, 0.15) is 11.4 Å². The van der Waals surface area contributed by atoms with E-state index in [2.05, 4.69) is 5.10 Å². The van der Waals surface area contributed by atoms with E-state index >= 15 is 0 Å². The lowest BCUT2D eigenvalue weighted by Gasteiger charge is -1.96. The number of fused-ring (bicyclic) bond motifs is 1. The smallest absolute Gasteiger partial charge is 0.233 e. The lowest BCUT2D eigenvalue weighted by molar-refractivity contribution is 0.101. The van der Waals surface area contributed by atoms with Crippen LogP contribution in [0.5, 0.6) is 0 Å². The van der Waals surface area contributed by atoms with Gasteiger partial charge in [0.25, 0.3) is 0 Å². The van der Waals surface area contributed by atoms with Crippen LogP contribution in [0.15, 0.2) is 34.9 Å². The molecule has 3 aromatic rings. The van der Waals surface area contributed by atoms with Crippen molar-refractivity contribution in [1.29, 1.82) is 0 Å². The molecule has 0 radical (unpaired) electrons. The summed E-state index contributed by atoms with van der Waals surface area (Å²) >= 11 is 0. The fourth-order valence-electron chi connectivity index (χ4n) is 2.03. The molecule has 0 bridgehead atoms. The zero-order chi connectivity index (χ0) is 13.6. The number of aryl methyl sites for hydroxylation is 2. The Kier molecular flexibility index (Phi) is 2.41. The highest BCUT2D eigenvalue weighted by Crippen LogP contribution is 2.24. The van der Waals surface area contributed by atoms with E-state index in [4.69, 9.17) is 10.2 Å². The SMILES string of the molecule is Cc1ccc2oc(C(=O)c3cnn(C)c3N)cc2c1. The van der Waals surface area contributed by atoms with Gasteiger partial charge in [-0.15, -0.1) is 0 Å². The lowest BCUT2D eigenvalue weighted by atomic mass is 10.1. The molecule has 3 rings (SSSR count). The standard InChI is InChI=1S/C14H13N3O2/c1-8-3-4-11-9(5-8)6-12(19-11)13(18)10-7-16-17(2)14(10)15/h3-7H,15H2,1-2H3. The van der Waals surface area contributed by atoms with Gasteiger partial charge < -0.3 is 10.2 Å². The van der Waals surface area contributed by atoms with Gasteiger partial charge in [-0.3, -0.25) is 9.48 Å². The lowest BCUT2D eigenvalue weighted by Crippen LogP contribution is -2.05. The molecule has 1 aromatic carbocycles. The highest BCUT2D eigenvalue weighted by atomic mass is 16.3. The molecule has 0 unspecified atom stereocenters. The van der Waals surface area contributed by atoms with E-state index in [1.54, 1.807) is 13.1 Å². The molecule has 19 heavy (non-hydrogen) atoms. The number of hydrogen-bond acceptors (Lipinski definition) is 4. The molecular weight excluding hydrogens is 242 g/mol. The van der Waals surface area contributed by atoms with Gasteiger partial charge in [-0.1, -0.05) is 11.6 Å². The summed E-state index contributed by atoms with van der Waals surface area (Å²) in [4.78, 5) is 12.3. The maximum Gasteiger partial charge on any atom is 0.233 e. The highest BCUT2D eigenvalue weighted by molar-refractivity contribution is 6.11. The Hall–Kier alpha value is -2.56. The minimum Gasteiger partial charge on any atom is -0.453 e. The van der Waals surface area contributed by atoms with Crippen molar-refractivity contribution >= 4 is 22.6 Å². The van der Waals surface area contributed by atoms with Crippen LogP contribution >= 0.6 is 0 Å². The predicted octanol–water partition coefficient (Wildman–Crippen LogP) is 2.29. The van der Waals surface area contributed by atoms with E-state index in [0.29, 0.717) is 17.0 Å². The third-order valence-corrected chi connectivity index (χ3v) is 3.12. The third-order valence-electron chi connectivity index (χ3n) is 3.12. The van der Waals surface area contributed by atoms with Gasteiger partial charge in [0, 0.05) is 12.4 Å². The summed E-state index contributed by atoms with van der Waals surface area (Å²) < 4.78 is 7.02. The first kappa shape index (κ1) is 11.5. The van der Waals surface area contributed by atoms with Crippen molar-refractivity contribution in [3.63, 3.8) is 0 Å². The molecule has 96 valence electrons. The van der Waals surface area contributed by atoms with Gasteiger partial charge in [-0.2, -0.15) is 5.10 Å². The van der Waals surface area contributed by atoms with Crippen LogP contribution in [0.4, 0.5) is 5.82 Å². The summed E-state index contributed by atoms with van der Waals surface area (Å²) in [5.41, 5.74) is 7.97. The first-order valence-corrected chi connectivity index (χ1v) is 5.88. The molecule has 0 saturated carbocycles. The average molecular weight is 255 g/mol. The quantitative estimate of drug-likeness (QED) is 0.713. The summed E-state index contributed by atoms with van der Waals surface area (Å²) in [7, 11) is 1.69. The number of rotatable bonds is 2. The summed E-state index contributed by atoms with van der Waals surface area (Å²) in [6.07, 6.45) is 1.45. The maximum absolute atomic E-state index is 12.3. The van der Waals surface area contributed by atoms with Gasteiger partial charge in [0.15, 0.2) is 5.76 Å². The van der Waals surface area contributed by atoms with E-state index < -0.39 is 0 Å². The molecule has 2 aromatic heterocycles. The van der Waals surface area contributed by atoms with E-state index in [0.717, 1.165) is 10.9 Å². The minimum atomic E-state index is -0.251. The molecule has 0 spiro atoms. The van der Waals surface area contributed by atoms with Crippen molar-refractivity contribution in [2.24, 2.45) is 7.05 Å². The number of nitrogens with zero attached hydrogens (tertiary/aromatic N) is 2. The number of ketones is 1. The fourth-order valence-corrected chi connectivity index (χ4v) is 2.03. The number of furan rings is 1. The highest BCUT2D eigenvalue weighted by Gasteiger charge is 2.19. The Balaban J connectivity index is 2.09. The number of anilines is 1. The topological polar surface area (TPSA) is 74.0 Å². The number of aromatic nitrogens is 2. The second kappa shape index (κ2) is 3.98. The van der Waals surface area contributed by atoms with Crippen LogP contribution in [0.3, 0.4) is 0 Å². The van der Waals surface area contributed by atoms with Gasteiger partial charge in [0.05, 0.1) is 11.8 Å². The van der Waals surface area contributed by atoms with Gasteiger partial charge in [-0.25, -0.2) is 0 Å². The van der Waals surface area contributed by atoms with Crippen molar-refractivity contribution in [1.82, 2.24) is 9.78 Å². The van der Waals surface area contributed by atoms with Crippen LogP contribution < -0.4 is 5.73 Å². The molecular formula is C14H13N3O2. The van der Waals surface area contributed by atoms with Crippen LogP contribution in [0.1, 0.15) is 21.7 Å². The van der Waals surface area contributed by atoms with Crippen LogP contribution in [0.25, 0.3) is 11.0 Å². The second-order valence-electron chi connectivity index (χ2n) is 4.55. The molecule has 0 fully saturated rings. The molecule has 0 aliphatic heterocycles. The second-order valence-corrected chi connectivity index (χ2v) is 4.55. The van der Waals surface area contributed by atoms with Crippen molar-refractivity contribution in [2.75, 3.05) is 5.73 Å². The van der Waals surface area contributed by atoms with E-state index in [1.807, 2.05) is 25.1 Å². The molecule has 0 aliphatic carbocycles. The van der Waals surface area contributed by atoms with Crippen LogP contribution in [0.2, 0.25) is 0 Å². The molecule has 0 aliphatic rings. The van der Waals surface area contributed by atoms with Gasteiger partial charge in [-0.05, 0) is 25.1 Å². The Morgan fingerprint density at radius 1 is 1.37 bits per heavy atom. The first-order valence-electron chi connectivity index (χ1n) is 5.88. The Bertz CT molecular complexity index is 783. The minimum absolute atomic E-state index is 0.251. The van der Waals surface area contributed by atoms with E-state index in [1.165, 1.54) is 10.9 Å². The number of carbonyl (C=O) groups excluding carboxylic acids is 1. The van der Waals surface area contributed by atoms with Crippen molar-refractivity contribution in [2.45, 2.75) is 6.92 Å². The number of benzene rings is 1. The van der Waals surface area contributed by atoms with Gasteiger partial charge in [0.2, 0.25) is 5.78 Å². The molecule has 2 heterocycles. The molecule has 2 N–H and O–H groups in total. The molecule has 0 atom stereocenters. The zero-order valence-electron chi connectivity index (χ0n) is 10.7. The van der Waals surface area contributed by atoms with Gasteiger partial charge >= 0.3 is 0 Å². The molecule has 5 nitrogen and oxygen atoms in total. The maximum atomic E-state index is 12.3. The van der Waals surface area contributed by atoms with E-state index in [9.17, 15) is 4.79 Å². The largest absolute Gasteiger partial charge is 0.453 e. The van der Waals surface area contributed by atoms with Crippen molar-refractivity contribution < 1.29 is 9.21 Å². The fraction of sp³-hybridized carbons (Fsp3) is 0.143. The average Bonchev–Trinajstić information content (AvgIpc) is 2.93. The summed E-state index contributed by atoms with van der Waals surface area (Å²) in [5, 5.41) is 4.87. The normalized spacial score (nSPS) is 11.1. The number of nitrogen functional groups attached to an aromatic ring is 1. The van der Waals surface area contributed by atoms with E-state index in [-0.39, 0.29) is 11.5 Å². The summed E-state index contributed by atoms with van der Waals surface area (Å²) in [6.45, 7) is 1.99. The number of hydrogen-bond donors (Lipinski definition) is 1. The molecule has 5 heteroatoms. The van der Waals surface area contributed by atoms with Crippen molar-refractivity contribution in [3.05, 3.63) is 47.3 Å². The third kappa shape index (κ3) is 1.79. The Morgan fingerprint density at radius 2 is 2.16 bits per heavy atom. The first-order chi connectivity index (χ1) is 9.06. The zero-order valence-corrected chi connectivity index (χ0v) is 10.7. The molecule has 0 amide bonds.